The smallest absolute Gasteiger partial charge is 0.408 e. The third kappa shape index (κ3) is 6.59. The van der Waals surface area contributed by atoms with Crippen LogP contribution in [0.3, 0.4) is 0 Å². The van der Waals surface area contributed by atoms with Crippen LogP contribution in [-0.4, -0.2) is 18.0 Å². The predicted molar refractivity (Wildman–Crippen MR) is 100 cm³/mol. The van der Waals surface area contributed by atoms with E-state index < -0.39 is 17.7 Å². The average molecular weight is 355 g/mol. The molecule has 2 aromatic rings. The zero-order valence-electron chi connectivity index (χ0n) is 15.4. The van der Waals surface area contributed by atoms with Gasteiger partial charge in [0, 0.05) is 6.42 Å². The van der Waals surface area contributed by atoms with Gasteiger partial charge in [-0.05, 0) is 44.0 Å². The molecule has 0 radical (unpaired) electrons. The van der Waals surface area contributed by atoms with Crippen LogP contribution < -0.4 is 10.1 Å². The standard InChI is InChI=1S/C21H25NO4/c1-21(2,3)26-20(24)22-19(12-13-23)17-10-7-11-18(14-17)25-15-16-8-5-4-6-9-16/h4-11,13-14,19H,12,15H2,1-3H3,(H,22,24)/t19-/m1/s1. The van der Waals surface area contributed by atoms with E-state index in [2.05, 4.69) is 5.32 Å². The number of nitrogens with one attached hydrogen (secondary N) is 1. The number of rotatable bonds is 7. The minimum Gasteiger partial charge on any atom is -0.489 e. The van der Waals surface area contributed by atoms with E-state index in [1.807, 2.05) is 54.6 Å². The quantitative estimate of drug-likeness (QED) is 0.747. The summed E-state index contributed by atoms with van der Waals surface area (Å²) in [6.07, 6.45) is 0.376. The topological polar surface area (TPSA) is 64.6 Å². The highest BCUT2D eigenvalue weighted by Gasteiger charge is 2.20. The molecule has 5 nitrogen and oxygen atoms in total. The van der Waals surface area contributed by atoms with Gasteiger partial charge in [0.15, 0.2) is 0 Å². The Hall–Kier alpha value is -2.82. The summed E-state index contributed by atoms with van der Waals surface area (Å²) in [5.74, 6) is 0.674. The summed E-state index contributed by atoms with van der Waals surface area (Å²) in [7, 11) is 0. The molecule has 0 bridgehead atoms. The van der Waals surface area contributed by atoms with Gasteiger partial charge in [0.1, 0.15) is 24.2 Å². The molecule has 1 atom stereocenters. The molecule has 1 amide bonds. The SMILES string of the molecule is CC(C)(C)OC(=O)N[C@H](CC=O)c1cccc(OCc2ccccc2)c1. The maximum atomic E-state index is 12.0. The minimum absolute atomic E-state index is 0.154. The summed E-state index contributed by atoms with van der Waals surface area (Å²) in [6, 6.07) is 16.7. The number of hydrogen-bond donors (Lipinski definition) is 1. The van der Waals surface area contributed by atoms with Gasteiger partial charge in [0.2, 0.25) is 0 Å². The monoisotopic (exact) mass is 355 g/mol. The van der Waals surface area contributed by atoms with Crippen LogP contribution in [0.25, 0.3) is 0 Å². The van der Waals surface area contributed by atoms with Crippen LogP contribution in [0.15, 0.2) is 54.6 Å². The van der Waals surface area contributed by atoms with Crippen LogP contribution in [-0.2, 0) is 16.1 Å². The van der Waals surface area contributed by atoms with Crippen LogP contribution in [0.1, 0.15) is 44.4 Å². The Labute approximate surface area is 154 Å². The van der Waals surface area contributed by atoms with Crippen LogP contribution >= 0.6 is 0 Å². The summed E-state index contributed by atoms with van der Waals surface area (Å²) < 4.78 is 11.1. The van der Waals surface area contributed by atoms with Gasteiger partial charge in [0.25, 0.3) is 0 Å². The lowest BCUT2D eigenvalue weighted by Crippen LogP contribution is -2.35. The van der Waals surface area contributed by atoms with E-state index in [0.717, 1.165) is 17.4 Å². The second kappa shape index (κ2) is 9.04. The van der Waals surface area contributed by atoms with Crippen molar-refractivity contribution in [3.05, 3.63) is 65.7 Å². The summed E-state index contributed by atoms with van der Waals surface area (Å²) in [4.78, 5) is 23.1. The molecule has 0 aliphatic carbocycles. The van der Waals surface area contributed by atoms with Crippen molar-refractivity contribution < 1.29 is 19.1 Å². The maximum Gasteiger partial charge on any atom is 0.408 e. The molecule has 26 heavy (non-hydrogen) atoms. The summed E-state index contributed by atoms with van der Waals surface area (Å²) >= 11 is 0. The molecule has 2 aromatic carbocycles. The Bertz CT molecular complexity index is 722. The first-order valence-corrected chi connectivity index (χ1v) is 8.57. The molecule has 0 heterocycles. The molecule has 0 fully saturated rings. The zero-order chi connectivity index (χ0) is 19.0. The highest BCUT2D eigenvalue weighted by Crippen LogP contribution is 2.22. The second-order valence-corrected chi connectivity index (χ2v) is 6.95. The zero-order valence-corrected chi connectivity index (χ0v) is 15.4. The van der Waals surface area contributed by atoms with E-state index in [9.17, 15) is 9.59 Å². The highest BCUT2D eigenvalue weighted by atomic mass is 16.6. The van der Waals surface area contributed by atoms with Crippen molar-refractivity contribution in [3.63, 3.8) is 0 Å². The van der Waals surface area contributed by atoms with Gasteiger partial charge >= 0.3 is 6.09 Å². The van der Waals surface area contributed by atoms with Crippen LogP contribution in [0.5, 0.6) is 5.75 Å². The van der Waals surface area contributed by atoms with Crippen LogP contribution in [0.2, 0.25) is 0 Å². The average Bonchev–Trinajstić information content (AvgIpc) is 2.59. The molecule has 0 saturated heterocycles. The minimum atomic E-state index is -0.601. The number of benzene rings is 2. The number of alkyl carbamates (subject to hydrolysis) is 1. The molecule has 1 N–H and O–H groups in total. The molecule has 2 rings (SSSR count). The lowest BCUT2D eigenvalue weighted by molar-refractivity contribution is -0.108. The fourth-order valence-electron chi connectivity index (χ4n) is 2.39. The van der Waals surface area contributed by atoms with Crippen molar-refractivity contribution in [1.29, 1.82) is 0 Å². The highest BCUT2D eigenvalue weighted by molar-refractivity contribution is 5.69. The first-order chi connectivity index (χ1) is 12.4. The fraction of sp³-hybridized carbons (Fsp3) is 0.333. The third-order valence-corrected chi connectivity index (χ3v) is 3.53. The van der Waals surface area contributed by atoms with Crippen molar-refractivity contribution >= 4 is 12.4 Å². The lowest BCUT2D eigenvalue weighted by Gasteiger charge is -2.23. The third-order valence-electron chi connectivity index (χ3n) is 3.53. The van der Waals surface area contributed by atoms with Gasteiger partial charge in [-0.1, -0.05) is 42.5 Å². The molecule has 0 aliphatic rings. The Morgan fingerprint density at radius 2 is 1.85 bits per heavy atom. The van der Waals surface area contributed by atoms with Crippen molar-refractivity contribution in [2.75, 3.05) is 0 Å². The Balaban J connectivity index is 2.06. The number of aldehydes is 1. The van der Waals surface area contributed by atoms with Crippen molar-refractivity contribution in [1.82, 2.24) is 5.32 Å². The maximum absolute atomic E-state index is 12.0. The van der Waals surface area contributed by atoms with Gasteiger partial charge in [-0.25, -0.2) is 4.79 Å². The van der Waals surface area contributed by atoms with E-state index in [0.29, 0.717) is 12.4 Å². The lowest BCUT2D eigenvalue weighted by atomic mass is 10.0. The molecular formula is C21H25NO4. The number of amides is 1. The Morgan fingerprint density at radius 3 is 2.50 bits per heavy atom. The number of carbonyl (C=O) groups excluding carboxylic acids is 2. The summed E-state index contributed by atoms with van der Waals surface area (Å²) in [5, 5.41) is 2.74. The fourth-order valence-corrected chi connectivity index (χ4v) is 2.39. The van der Waals surface area contributed by atoms with E-state index in [-0.39, 0.29) is 6.42 Å². The molecule has 0 unspecified atom stereocenters. The normalized spacial score (nSPS) is 12.1. The summed E-state index contributed by atoms with van der Waals surface area (Å²) in [5.41, 5.74) is 1.25. The number of carbonyl (C=O) groups is 2. The van der Waals surface area contributed by atoms with E-state index in [4.69, 9.17) is 9.47 Å². The van der Waals surface area contributed by atoms with Gasteiger partial charge < -0.3 is 19.6 Å². The first kappa shape index (κ1) is 19.5. The van der Waals surface area contributed by atoms with Crippen molar-refractivity contribution in [2.45, 2.75) is 45.4 Å². The first-order valence-electron chi connectivity index (χ1n) is 8.57. The molecule has 0 spiro atoms. The van der Waals surface area contributed by atoms with Gasteiger partial charge in [-0.15, -0.1) is 0 Å². The summed E-state index contributed by atoms with van der Waals surface area (Å²) in [6.45, 7) is 5.82. The predicted octanol–water partition coefficient (Wildman–Crippen LogP) is 4.42. The molecule has 5 heteroatoms. The largest absolute Gasteiger partial charge is 0.489 e. The molecular weight excluding hydrogens is 330 g/mol. The number of hydrogen-bond acceptors (Lipinski definition) is 4. The molecule has 0 aromatic heterocycles. The van der Waals surface area contributed by atoms with E-state index in [1.165, 1.54) is 0 Å². The van der Waals surface area contributed by atoms with Gasteiger partial charge in [0.05, 0.1) is 6.04 Å². The van der Waals surface area contributed by atoms with Crippen molar-refractivity contribution in [2.24, 2.45) is 0 Å². The van der Waals surface area contributed by atoms with Crippen LogP contribution in [0, 0.1) is 0 Å². The van der Waals surface area contributed by atoms with Crippen molar-refractivity contribution in [3.8, 4) is 5.75 Å². The molecule has 138 valence electrons. The van der Waals surface area contributed by atoms with E-state index in [1.54, 1.807) is 20.8 Å². The Kier molecular flexibility index (Phi) is 6.78. The van der Waals surface area contributed by atoms with Crippen LogP contribution in [0.4, 0.5) is 4.79 Å². The van der Waals surface area contributed by atoms with Gasteiger partial charge in [-0.2, -0.15) is 0 Å². The Morgan fingerprint density at radius 1 is 1.12 bits per heavy atom. The number of ether oxygens (including phenoxy) is 2. The molecule has 0 aliphatic heterocycles. The van der Waals surface area contributed by atoms with Gasteiger partial charge in [-0.3, -0.25) is 0 Å². The second-order valence-electron chi connectivity index (χ2n) is 6.95. The van der Waals surface area contributed by atoms with E-state index >= 15 is 0 Å². The molecule has 0 saturated carbocycles.